The van der Waals surface area contributed by atoms with E-state index in [-0.39, 0.29) is 0 Å². The zero-order chi connectivity index (χ0) is 11.3. The summed E-state index contributed by atoms with van der Waals surface area (Å²) in [5.74, 6) is 3.27. The van der Waals surface area contributed by atoms with Crippen LogP contribution >= 0.6 is 0 Å². The molecule has 1 unspecified atom stereocenters. The highest BCUT2D eigenvalue weighted by atomic mass is 16.5. The second-order valence-electron chi connectivity index (χ2n) is 3.71. The molecule has 0 aliphatic carbocycles. The number of methoxy groups -OCH3 is 1. The maximum absolute atomic E-state index is 10.2. The van der Waals surface area contributed by atoms with Gasteiger partial charge < -0.3 is 9.84 Å². The second kappa shape index (κ2) is 4.86. The number of ether oxygens (including phenoxy) is 1. The number of rotatable bonds is 4. The van der Waals surface area contributed by atoms with E-state index in [2.05, 4.69) is 5.92 Å². The van der Waals surface area contributed by atoms with E-state index < -0.39 is 5.60 Å². The van der Waals surface area contributed by atoms with Gasteiger partial charge >= 0.3 is 0 Å². The third-order valence-electron chi connectivity index (χ3n) is 2.45. The van der Waals surface area contributed by atoms with Crippen LogP contribution in [0.3, 0.4) is 0 Å². The van der Waals surface area contributed by atoms with Gasteiger partial charge in [-0.05, 0) is 31.0 Å². The lowest BCUT2D eigenvalue weighted by atomic mass is 9.91. The van der Waals surface area contributed by atoms with Crippen molar-refractivity contribution in [3.63, 3.8) is 0 Å². The molecule has 1 aromatic carbocycles. The van der Waals surface area contributed by atoms with Crippen LogP contribution in [-0.2, 0) is 5.60 Å². The molecule has 0 spiro atoms. The van der Waals surface area contributed by atoms with Crippen LogP contribution in [0.15, 0.2) is 24.3 Å². The van der Waals surface area contributed by atoms with Crippen LogP contribution in [-0.4, -0.2) is 12.2 Å². The summed E-state index contributed by atoms with van der Waals surface area (Å²) in [6.45, 7) is 1.76. The van der Waals surface area contributed by atoms with E-state index in [4.69, 9.17) is 11.2 Å². The molecular weight excluding hydrogens is 188 g/mol. The molecule has 0 aliphatic heterocycles. The molecule has 0 aromatic heterocycles. The topological polar surface area (TPSA) is 29.5 Å². The Labute approximate surface area is 90.9 Å². The molecular formula is C13H16O2. The Kier molecular flexibility index (Phi) is 3.76. The van der Waals surface area contributed by atoms with Crippen LogP contribution in [0.4, 0.5) is 0 Å². The monoisotopic (exact) mass is 204 g/mol. The summed E-state index contributed by atoms with van der Waals surface area (Å²) >= 11 is 0. The van der Waals surface area contributed by atoms with E-state index in [9.17, 15) is 5.11 Å². The maximum Gasteiger partial charge on any atom is 0.119 e. The molecule has 0 aliphatic rings. The van der Waals surface area contributed by atoms with Crippen molar-refractivity contribution in [3.05, 3.63) is 29.8 Å². The first-order valence-corrected chi connectivity index (χ1v) is 4.90. The Morgan fingerprint density at radius 1 is 1.53 bits per heavy atom. The Bertz CT molecular complexity index is 361. The third kappa shape index (κ3) is 3.00. The van der Waals surface area contributed by atoms with Gasteiger partial charge in [-0.3, -0.25) is 0 Å². The van der Waals surface area contributed by atoms with Crippen LogP contribution in [0.2, 0.25) is 0 Å². The summed E-state index contributed by atoms with van der Waals surface area (Å²) in [6.07, 6.45) is 6.30. The SMILES string of the molecule is C#CCCC(C)(O)c1cccc(OC)c1. The number of terminal acetylenes is 1. The Morgan fingerprint density at radius 3 is 2.87 bits per heavy atom. The van der Waals surface area contributed by atoms with Crippen molar-refractivity contribution in [2.45, 2.75) is 25.4 Å². The van der Waals surface area contributed by atoms with E-state index in [1.807, 2.05) is 24.3 Å². The number of aliphatic hydroxyl groups is 1. The predicted octanol–water partition coefficient (Wildman–Crippen LogP) is 2.32. The Morgan fingerprint density at radius 2 is 2.27 bits per heavy atom. The fourth-order valence-corrected chi connectivity index (χ4v) is 1.42. The lowest BCUT2D eigenvalue weighted by Gasteiger charge is -2.23. The predicted molar refractivity (Wildman–Crippen MR) is 60.6 cm³/mol. The molecule has 0 saturated heterocycles. The van der Waals surface area contributed by atoms with E-state index in [1.54, 1.807) is 14.0 Å². The molecule has 0 radical (unpaired) electrons. The fraction of sp³-hybridized carbons (Fsp3) is 0.385. The molecule has 1 aromatic rings. The summed E-state index contributed by atoms with van der Waals surface area (Å²) in [7, 11) is 1.61. The van der Waals surface area contributed by atoms with Crippen molar-refractivity contribution < 1.29 is 9.84 Å². The van der Waals surface area contributed by atoms with Crippen LogP contribution in [0, 0.1) is 12.3 Å². The van der Waals surface area contributed by atoms with Crippen LogP contribution in [0.5, 0.6) is 5.75 Å². The molecule has 2 heteroatoms. The zero-order valence-electron chi connectivity index (χ0n) is 9.16. The first-order valence-electron chi connectivity index (χ1n) is 4.90. The van der Waals surface area contributed by atoms with Crippen molar-refractivity contribution in [1.82, 2.24) is 0 Å². The van der Waals surface area contributed by atoms with Crippen LogP contribution in [0.25, 0.3) is 0 Å². The minimum atomic E-state index is -0.888. The number of hydrogen-bond donors (Lipinski definition) is 1. The van der Waals surface area contributed by atoms with E-state index in [0.29, 0.717) is 12.8 Å². The van der Waals surface area contributed by atoms with Gasteiger partial charge in [0.25, 0.3) is 0 Å². The van der Waals surface area contributed by atoms with Crippen molar-refractivity contribution in [1.29, 1.82) is 0 Å². The molecule has 1 N–H and O–H groups in total. The fourth-order valence-electron chi connectivity index (χ4n) is 1.42. The van der Waals surface area contributed by atoms with Gasteiger partial charge in [0, 0.05) is 6.42 Å². The lowest BCUT2D eigenvalue weighted by Crippen LogP contribution is -2.20. The largest absolute Gasteiger partial charge is 0.497 e. The molecule has 0 bridgehead atoms. The molecule has 0 fully saturated rings. The Balaban J connectivity index is 2.89. The summed E-state index contributed by atoms with van der Waals surface area (Å²) in [4.78, 5) is 0. The van der Waals surface area contributed by atoms with Crippen molar-refractivity contribution >= 4 is 0 Å². The zero-order valence-corrected chi connectivity index (χ0v) is 9.16. The average Bonchev–Trinajstić information content (AvgIpc) is 2.26. The third-order valence-corrected chi connectivity index (χ3v) is 2.45. The van der Waals surface area contributed by atoms with Gasteiger partial charge in [0.2, 0.25) is 0 Å². The highest BCUT2D eigenvalue weighted by Gasteiger charge is 2.22. The minimum Gasteiger partial charge on any atom is -0.497 e. The van der Waals surface area contributed by atoms with Crippen LogP contribution < -0.4 is 4.74 Å². The molecule has 0 amide bonds. The summed E-state index contributed by atoms with van der Waals surface area (Å²) in [6, 6.07) is 7.41. The molecule has 1 atom stereocenters. The summed E-state index contributed by atoms with van der Waals surface area (Å²) < 4.78 is 5.10. The van der Waals surface area contributed by atoms with E-state index in [1.165, 1.54) is 0 Å². The molecule has 0 heterocycles. The van der Waals surface area contributed by atoms with Gasteiger partial charge in [0.05, 0.1) is 12.7 Å². The summed E-state index contributed by atoms with van der Waals surface area (Å²) in [5.41, 5.74) is -0.0573. The van der Waals surface area contributed by atoms with E-state index >= 15 is 0 Å². The second-order valence-corrected chi connectivity index (χ2v) is 3.71. The molecule has 0 saturated carbocycles. The van der Waals surface area contributed by atoms with Crippen molar-refractivity contribution in [2.75, 3.05) is 7.11 Å². The lowest BCUT2D eigenvalue weighted by molar-refractivity contribution is 0.0491. The Hall–Kier alpha value is -1.46. The summed E-state index contributed by atoms with van der Waals surface area (Å²) in [5, 5.41) is 10.2. The minimum absolute atomic E-state index is 0.552. The van der Waals surface area contributed by atoms with E-state index in [0.717, 1.165) is 11.3 Å². The van der Waals surface area contributed by atoms with Gasteiger partial charge in [-0.2, -0.15) is 0 Å². The number of benzene rings is 1. The average molecular weight is 204 g/mol. The molecule has 80 valence electrons. The molecule has 15 heavy (non-hydrogen) atoms. The molecule has 2 nitrogen and oxygen atoms in total. The van der Waals surface area contributed by atoms with Gasteiger partial charge in [-0.15, -0.1) is 12.3 Å². The van der Waals surface area contributed by atoms with Gasteiger partial charge in [0.15, 0.2) is 0 Å². The number of hydrogen-bond acceptors (Lipinski definition) is 2. The smallest absolute Gasteiger partial charge is 0.119 e. The first-order chi connectivity index (χ1) is 7.10. The van der Waals surface area contributed by atoms with Gasteiger partial charge in [0.1, 0.15) is 5.75 Å². The first kappa shape index (κ1) is 11.6. The standard InChI is InChI=1S/C13H16O2/c1-4-5-9-13(2,14)11-7-6-8-12(10-11)15-3/h1,6-8,10,14H,5,9H2,2-3H3. The maximum atomic E-state index is 10.2. The quantitative estimate of drug-likeness (QED) is 0.763. The highest BCUT2D eigenvalue weighted by molar-refractivity contribution is 5.32. The highest BCUT2D eigenvalue weighted by Crippen LogP contribution is 2.28. The van der Waals surface area contributed by atoms with Crippen LogP contribution in [0.1, 0.15) is 25.3 Å². The van der Waals surface area contributed by atoms with Crippen molar-refractivity contribution in [3.8, 4) is 18.1 Å². The normalized spacial score (nSPS) is 14.0. The van der Waals surface area contributed by atoms with Gasteiger partial charge in [-0.25, -0.2) is 0 Å². The van der Waals surface area contributed by atoms with Crippen molar-refractivity contribution in [2.24, 2.45) is 0 Å². The molecule has 1 rings (SSSR count). The van der Waals surface area contributed by atoms with Gasteiger partial charge in [-0.1, -0.05) is 12.1 Å².